The summed E-state index contributed by atoms with van der Waals surface area (Å²) < 4.78 is 12.3. The Hall–Kier alpha value is -1.79. The van der Waals surface area contributed by atoms with Crippen LogP contribution in [0.15, 0.2) is 39.9 Å². The Morgan fingerprint density at radius 1 is 1.24 bits per heavy atom. The van der Waals surface area contributed by atoms with E-state index < -0.39 is 5.54 Å². The topological polar surface area (TPSA) is 69.7 Å². The highest BCUT2D eigenvalue weighted by molar-refractivity contribution is 9.10. The fourth-order valence-corrected chi connectivity index (χ4v) is 3.23. The first-order chi connectivity index (χ1) is 10.1. The van der Waals surface area contributed by atoms with E-state index in [1.165, 1.54) is 0 Å². The van der Waals surface area contributed by atoms with Gasteiger partial charge in [-0.25, -0.2) is 9.98 Å². The third kappa shape index (κ3) is 1.82. The minimum absolute atomic E-state index is 0.154. The second kappa shape index (κ2) is 4.35. The van der Waals surface area contributed by atoms with Crippen LogP contribution in [0.5, 0.6) is 11.5 Å². The van der Waals surface area contributed by atoms with Gasteiger partial charge in [0.15, 0.2) is 11.3 Å². The van der Waals surface area contributed by atoms with Gasteiger partial charge in [0.2, 0.25) is 0 Å². The second-order valence-corrected chi connectivity index (χ2v) is 6.15. The van der Waals surface area contributed by atoms with E-state index in [0.717, 1.165) is 15.6 Å². The van der Waals surface area contributed by atoms with Crippen molar-refractivity contribution in [3.63, 3.8) is 0 Å². The maximum absolute atomic E-state index is 6.04. The lowest BCUT2D eigenvalue weighted by Gasteiger charge is -2.33. The molecule has 5 nitrogen and oxygen atoms in total. The second-order valence-electron chi connectivity index (χ2n) is 4.84. The minimum atomic E-state index is -0.747. The average molecular weight is 367 g/mol. The van der Waals surface area contributed by atoms with Gasteiger partial charge in [0.1, 0.15) is 17.5 Å². The zero-order chi connectivity index (χ0) is 14.6. The standard InChI is InChI=1S/C14H9BrClN3O2/c15-7-1-2-10-8(3-7)14(6-20-13(17)19-14)9-4-12(16)18-5-11(9)21-10/h1-5H,6H2,(H2,17,19)/t14-/m1/s1. The molecule has 4 rings (SSSR count). The summed E-state index contributed by atoms with van der Waals surface area (Å²) >= 11 is 9.51. The van der Waals surface area contributed by atoms with Crippen molar-refractivity contribution in [2.75, 3.05) is 6.61 Å². The first-order valence-electron chi connectivity index (χ1n) is 6.20. The number of amidine groups is 1. The number of ether oxygens (including phenoxy) is 2. The smallest absolute Gasteiger partial charge is 0.283 e. The van der Waals surface area contributed by atoms with E-state index in [2.05, 4.69) is 25.9 Å². The fraction of sp³-hybridized carbons (Fsp3) is 0.143. The van der Waals surface area contributed by atoms with E-state index in [-0.39, 0.29) is 6.02 Å². The molecule has 106 valence electrons. The lowest BCUT2D eigenvalue weighted by Crippen LogP contribution is -2.31. The van der Waals surface area contributed by atoms with Crippen LogP contribution >= 0.6 is 27.5 Å². The highest BCUT2D eigenvalue weighted by Gasteiger charge is 2.47. The van der Waals surface area contributed by atoms with Gasteiger partial charge in [0.25, 0.3) is 6.02 Å². The molecule has 1 aromatic heterocycles. The third-order valence-electron chi connectivity index (χ3n) is 3.62. The van der Waals surface area contributed by atoms with Crippen LogP contribution in [0.25, 0.3) is 0 Å². The minimum Gasteiger partial charge on any atom is -0.462 e. The van der Waals surface area contributed by atoms with Gasteiger partial charge in [-0.2, -0.15) is 0 Å². The van der Waals surface area contributed by atoms with Gasteiger partial charge in [-0.1, -0.05) is 27.5 Å². The summed E-state index contributed by atoms with van der Waals surface area (Å²) in [4.78, 5) is 8.60. The molecular weight excluding hydrogens is 358 g/mol. The van der Waals surface area contributed by atoms with E-state index >= 15 is 0 Å². The molecule has 0 bridgehead atoms. The van der Waals surface area contributed by atoms with Crippen molar-refractivity contribution in [3.8, 4) is 11.5 Å². The summed E-state index contributed by atoms with van der Waals surface area (Å²) in [6, 6.07) is 7.64. The molecule has 0 radical (unpaired) electrons. The predicted molar refractivity (Wildman–Crippen MR) is 81.8 cm³/mol. The number of aliphatic imine (C=N–C) groups is 1. The number of aromatic nitrogens is 1. The van der Waals surface area contributed by atoms with Crippen molar-refractivity contribution in [1.29, 1.82) is 0 Å². The van der Waals surface area contributed by atoms with Crippen molar-refractivity contribution >= 4 is 33.6 Å². The molecule has 2 aliphatic rings. The molecule has 21 heavy (non-hydrogen) atoms. The number of fused-ring (bicyclic) bond motifs is 4. The molecule has 2 aliphatic heterocycles. The molecule has 0 fully saturated rings. The Bertz CT molecular complexity index is 742. The van der Waals surface area contributed by atoms with Crippen LogP contribution < -0.4 is 10.5 Å². The first kappa shape index (κ1) is 12.9. The molecule has 0 amide bonds. The molecular formula is C14H9BrClN3O2. The van der Waals surface area contributed by atoms with Gasteiger partial charge in [-0.05, 0) is 24.3 Å². The summed E-state index contributed by atoms with van der Waals surface area (Å²) in [7, 11) is 0. The SMILES string of the molecule is NC1=N[C@]2(CO1)c1cc(Br)ccc1Oc1cnc(Cl)cc12. The number of pyridine rings is 1. The van der Waals surface area contributed by atoms with Crippen molar-refractivity contribution in [1.82, 2.24) is 4.98 Å². The van der Waals surface area contributed by atoms with Crippen LogP contribution in [0.4, 0.5) is 0 Å². The number of halogens is 2. The summed E-state index contributed by atoms with van der Waals surface area (Å²) in [6.45, 7) is 0.305. The predicted octanol–water partition coefficient (Wildman–Crippen LogP) is 3.19. The van der Waals surface area contributed by atoms with Crippen LogP contribution in [-0.4, -0.2) is 17.6 Å². The summed E-state index contributed by atoms with van der Waals surface area (Å²) in [5, 5.41) is 0.371. The monoisotopic (exact) mass is 365 g/mol. The summed E-state index contributed by atoms with van der Waals surface area (Å²) in [6.07, 6.45) is 1.59. The lowest BCUT2D eigenvalue weighted by atomic mass is 9.82. The zero-order valence-electron chi connectivity index (χ0n) is 10.6. The Kier molecular flexibility index (Phi) is 2.68. The molecule has 7 heteroatoms. The fourth-order valence-electron chi connectivity index (χ4n) is 2.71. The third-order valence-corrected chi connectivity index (χ3v) is 4.32. The Morgan fingerprint density at radius 2 is 2.05 bits per heavy atom. The molecule has 2 aromatic rings. The maximum atomic E-state index is 6.04. The van der Waals surface area contributed by atoms with Crippen LogP contribution in [-0.2, 0) is 10.3 Å². The van der Waals surface area contributed by atoms with Gasteiger partial charge in [-0.3, -0.25) is 0 Å². The quantitative estimate of drug-likeness (QED) is 0.727. The normalized spacial score (nSPS) is 22.1. The first-order valence-corrected chi connectivity index (χ1v) is 7.38. The summed E-state index contributed by atoms with van der Waals surface area (Å²) in [5.74, 6) is 1.31. The summed E-state index contributed by atoms with van der Waals surface area (Å²) in [5.41, 5.74) is 6.69. The highest BCUT2D eigenvalue weighted by Crippen LogP contribution is 2.51. The number of rotatable bonds is 0. The molecule has 1 aromatic carbocycles. The van der Waals surface area contributed by atoms with Gasteiger partial charge in [0.05, 0.1) is 6.20 Å². The number of nitrogens with zero attached hydrogens (tertiary/aromatic N) is 2. The average Bonchev–Trinajstić information content (AvgIpc) is 2.84. The van der Waals surface area contributed by atoms with Gasteiger partial charge in [0, 0.05) is 15.6 Å². The van der Waals surface area contributed by atoms with E-state index in [0.29, 0.717) is 23.3 Å². The Morgan fingerprint density at radius 3 is 2.81 bits per heavy atom. The number of benzene rings is 1. The lowest BCUT2D eigenvalue weighted by molar-refractivity contribution is 0.264. The molecule has 3 heterocycles. The van der Waals surface area contributed by atoms with Crippen LogP contribution in [0.3, 0.4) is 0 Å². The van der Waals surface area contributed by atoms with Gasteiger partial charge in [-0.15, -0.1) is 0 Å². The van der Waals surface area contributed by atoms with Crippen molar-refractivity contribution < 1.29 is 9.47 Å². The van der Waals surface area contributed by atoms with E-state index in [9.17, 15) is 0 Å². The van der Waals surface area contributed by atoms with Crippen LogP contribution in [0.2, 0.25) is 5.15 Å². The van der Waals surface area contributed by atoms with Crippen LogP contribution in [0.1, 0.15) is 11.1 Å². The number of nitrogens with two attached hydrogens (primary N) is 1. The Labute approximate surface area is 133 Å². The molecule has 2 N–H and O–H groups in total. The van der Waals surface area contributed by atoms with Gasteiger partial charge < -0.3 is 15.2 Å². The van der Waals surface area contributed by atoms with Crippen molar-refractivity contribution in [2.24, 2.45) is 10.7 Å². The van der Waals surface area contributed by atoms with E-state index in [1.807, 2.05) is 18.2 Å². The molecule has 0 unspecified atom stereocenters. The van der Waals surface area contributed by atoms with E-state index in [1.54, 1.807) is 12.3 Å². The zero-order valence-corrected chi connectivity index (χ0v) is 13.0. The van der Waals surface area contributed by atoms with Crippen molar-refractivity contribution in [3.05, 3.63) is 51.2 Å². The molecule has 1 spiro atoms. The largest absolute Gasteiger partial charge is 0.462 e. The van der Waals surface area contributed by atoms with Gasteiger partial charge >= 0.3 is 0 Å². The van der Waals surface area contributed by atoms with Crippen LogP contribution in [0, 0.1) is 0 Å². The van der Waals surface area contributed by atoms with Crippen molar-refractivity contribution in [2.45, 2.75) is 5.54 Å². The molecule has 1 atom stereocenters. The number of hydrogen-bond acceptors (Lipinski definition) is 5. The maximum Gasteiger partial charge on any atom is 0.283 e. The highest BCUT2D eigenvalue weighted by atomic mass is 79.9. The Balaban J connectivity index is 2.05. The molecule has 0 aliphatic carbocycles. The number of hydrogen-bond donors (Lipinski definition) is 1. The molecule has 0 saturated carbocycles. The van der Waals surface area contributed by atoms with E-state index in [4.69, 9.17) is 26.8 Å². The molecule has 0 saturated heterocycles.